The Hall–Kier alpha value is -3.12. The number of imidazole rings is 1. The molecule has 1 unspecified atom stereocenters. The predicted molar refractivity (Wildman–Crippen MR) is 109 cm³/mol. The Labute approximate surface area is 160 Å². The van der Waals surface area contributed by atoms with Crippen molar-refractivity contribution in [3.63, 3.8) is 0 Å². The van der Waals surface area contributed by atoms with E-state index in [0.29, 0.717) is 6.54 Å². The van der Waals surface area contributed by atoms with Crippen molar-refractivity contribution < 1.29 is 4.79 Å². The third-order valence-electron chi connectivity index (χ3n) is 5.02. The average molecular weight is 374 g/mol. The molecule has 1 aliphatic rings. The molecular weight excluding hydrogens is 356 g/mol. The summed E-state index contributed by atoms with van der Waals surface area (Å²) in [6, 6.07) is 16.5. The second kappa shape index (κ2) is 6.25. The van der Waals surface area contributed by atoms with Gasteiger partial charge in [-0.05, 0) is 53.3 Å². The van der Waals surface area contributed by atoms with E-state index in [9.17, 15) is 4.79 Å². The van der Waals surface area contributed by atoms with Gasteiger partial charge in [0, 0.05) is 17.1 Å². The fourth-order valence-electron chi connectivity index (χ4n) is 3.63. The zero-order chi connectivity index (χ0) is 18.4. The summed E-state index contributed by atoms with van der Waals surface area (Å²) in [4.78, 5) is 23.0. The second-order valence-corrected chi connectivity index (χ2v) is 7.86. The molecule has 2 N–H and O–H groups in total. The van der Waals surface area contributed by atoms with Crippen LogP contribution in [0.2, 0.25) is 0 Å². The summed E-state index contributed by atoms with van der Waals surface area (Å²) in [7, 11) is 0. The van der Waals surface area contributed by atoms with Gasteiger partial charge in [0.2, 0.25) is 0 Å². The third kappa shape index (κ3) is 2.78. The monoisotopic (exact) mass is 374 g/mol. The number of anilines is 1. The first-order valence-electron chi connectivity index (χ1n) is 8.85. The molecule has 0 aliphatic carbocycles. The van der Waals surface area contributed by atoms with Gasteiger partial charge in [-0.2, -0.15) is 0 Å². The van der Waals surface area contributed by atoms with Crippen molar-refractivity contribution in [2.75, 3.05) is 11.4 Å². The summed E-state index contributed by atoms with van der Waals surface area (Å²) >= 11 is 1.76. The van der Waals surface area contributed by atoms with E-state index >= 15 is 0 Å². The number of carbonyl (C=O) groups excluding carboxylic acids is 1. The van der Waals surface area contributed by atoms with Gasteiger partial charge >= 0.3 is 6.03 Å². The summed E-state index contributed by atoms with van der Waals surface area (Å²) in [5.74, 6) is 0. The van der Waals surface area contributed by atoms with Gasteiger partial charge in [-0.1, -0.05) is 24.3 Å². The van der Waals surface area contributed by atoms with Crippen LogP contribution in [0.4, 0.5) is 10.5 Å². The number of H-pyrrole nitrogens is 1. The van der Waals surface area contributed by atoms with Crippen LogP contribution in [0.5, 0.6) is 0 Å². The number of aromatic amines is 1. The Morgan fingerprint density at radius 2 is 1.96 bits per heavy atom. The van der Waals surface area contributed by atoms with Gasteiger partial charge in [0.25, 0.3) is 0 Å². The summed E-state index contributed by atoms with van der Waals surface area (Å²) in [5, 5.41) is 5.15. The summed E-state index contributed by atoms with van der Waals surface area (Å²) in [6.45, 7) is 2.71. The molecule has 0 bridgehead atoms. The molecule has 2 aromatic heterocycles. The quantitative estimate of drug-likeness (QED) is 0.537. The van der Waals surface area contributed by atoms with Crippen molar-refractivity contribution in [1.29, 1.82) is 0 Å². The maximum atomic E-state index is 12.5. The highest BCUT2D eigenvalue weighted by Gasteiger charge is 2.33. The molecule has 3 heterocycles. The maximum absolute atomic E-state index is 12.5. The Morgan fingerprint density at radius 1 is 1.11 bits per heavy atom. The van der Waals surface area contributed by atoms with Crippen LogP contribution in [-0.4, -0.2) is 22.5 Å². The first-order chi connectivity index (χ1) is 13.2. The standard InChI is InChI=1S/C21H18N4OS/c1-13-8-16(11-27-13)14-2-4-15(5-3-14)20-10-22-21(26)25(20)17-6-7-18-19(9-17)24-12-23-18/h2-9,11-12,20H,10H2,1H3,(H,22,26)(H,23,24). The number of carbonyl (C=O) groups is 1. The lowest BCUT2D eigenvalue weighted by atomic mass is 10.0. The number of aromatic nitrogens is 2. The molecule has 5 nitrogen and oxygen atoms in total. The molecule has 1 saturated heterocycles. The van der Waals surface area contributed by atoms with E-state index in [1.807, 2.05) is 23.1 Å². The average Bonchev–Trinajstić information content (AvgIpc) is 3.41. The fourth-order valence-corrected chi connectivity index (χ4v) is 4.34. The summed E-state index contributed by atoms with van der Waals surface area (Å²) in [5.41, 5.74) is 6.23. The number of amides is 2. The number of nitrogens with zero attached hydrogens (tertiary/aromatic N) is 2. The SMILES string of the molecule is Cc1cc(-c2ccc(C3CNC(=O)N3c3ccc4[nH]cnc4c3)cc2)cs1. The Balaban J connectivity index is 1.48. The Bertz CT molecular complexity index is 1130. The second-order valence-electron chi connectivity index (χ2n) is 6.74. The Kier molecular flexibility index (Phi) is 3.72. The maximum Gasteiger partial charge on any atom is 0.322 e. The molecule has 5 rings (SSSR count). The summed E-state index contributed by atoms with van der Waals surface area (Å²) < 4.78 is 0. The molecule has 27 heavy (non-hydrogen) atoms. The van der Waals surface area contributed by atoms with Gasteiger partial charge in [0.15, 0.2) is 0 Å². The van der Waals surface area contributed by atoms with Crippen LogP contribution < -0.4 is 10.2 Å². The van der Waals surface area contributed by atoms with Crippen molar-refractivity contribution >= 4 is 34.1 Å². The molecule has 6 heteroatoms. The number of hydrogen-bond acceptors (Lipinski definition) is 3. The lowest BCUT2D eigenvalue weighted by Crippen LogP contribution is -2.29. The minimum absolute atomic E-state index is 0.0350. The third-order valence-corrected chi connectivity index (χ3v) is 5.88. The van der Waals surface area contributed by atoms with E-state index < -0.39 is 0 Å². The zero-order valence-electron chi connectivity index (χ0n) is 14.8. The normalized spacial score (nSPS) is 16.9. The van der Waals surface area contributed by atoms with Gasteiger partial charge in [-0.25, -0.2) is 9.78 Å². The molecule has 0 radical (unpaired) electrons. The van der Waals surface area contributed by atoms with Crippen molar-refractivity contribution in [2.45, 2.75) is 13.0 Å². The first-order valence-corrected chi connectivity index (χ1v) is 9.73. The molecule has 134 valence electrons. The number of urea groups is 1. The highest BCUT2D eigenvalue weighted by Crippen LogP contribution is 2.33. The van der Waals surface area contributed by atoms with Crippen LogP contribution in [0.3, 0.4) is 0 Å². The van der Waals surface area contributed by atoms with Crippen LogP contribution >= 0.6 is 11.3 Å². The Morgan fingerprint density at radius 3 is 2.74 bits per heavy atom. The van der Waals surface area contributed by atoms with E-state index in [2.05, 4.69) is 57.9 Å². The minimum Gasteiger partial charge on any atom is -0.345 e. The molecule has 1 atom stereocenters. The van der Waals surface area contributed by atoms with E-state index in [-0.39, 0.29) is 12.1 Å². The molecule has 1 fully saturated rings. The molecule has 4 aromatic rings. The number of thiophene rings is 1. The molecule has 0 spiro atoms. The molecule has 2 amide bonds. The lowest BCUT2D eigenvalue weighted by molar-refractivity contribution is 0.251. The smallest absolute Gasteiger partial charge is 0.322 e. The number of hydrogen-bond donors (Lipinski definition) is 2. The van der Waals surface area contributed by atoms with Crippen LogP contribution in [0.15, 0.2) is 60.2 Å². The van der Waals surface area contributed by atoms with Crippen LogP contribution in [0.25, 0.3) is 22.2 Å². The minimum atomic E-state index is -0.0765. The van der Waals surface area contributed by atoms with Crippen molar-refractivity contribution in [2.24, 2.45) is 0 Å². The summed E-state index contributed by atoms with van der Waals surface area (Å²) in [6.07, 6.45) is 1.67. The van der Waals surface area contributed by atoms with Gasteiger partial charge in [-0.15, -0.1) is 11.3 Å². The van der Waals surface area contributed by atoms with E-state index in [0.717, 1.165) is 22.3 Å². The lowest BCUT2D eigenvalue weighted by Gasteiger charge is -2.23. The largest absolute Gasteiger partial charge is 0.345 e. The van der Waals surface area contributed by atoms with E-state index in [4.69, 9.17) is 0 Å². The number of aryl methyl sites for hydroxylation is 1. The molecule has 0 saturated carbocycles. The number of nitrogens with one attached hydrogen (secondary N) is 2. The predicted octanol–water partition coefficient (Wildman–Crippen LogP) is 4.87. The molecule has 1 aliphatic heterocycles. The van der Waals surface area contributed by atoms with E-state index in [1.54, 1.807) is 17.7 Å². The fraction of sp³-hybridized carbons (Fsp3) is 0.143. The van der Waals surface area contributed by atoms with Crippen LogP contribution in [0, 0.1) is 6.92 Å². The topological polar surface area (TPSA) is 61.0 Å². The van der Waals surface area contributed by atoms with Gasteiger partial charge in [-0.3, -0.25) is 4.90 Å². The number of fused-ring (bicyclic) bond motifs is 1. The van der Waals surface area contributed by atoms with Crippen molar-refractivity contribution in [3.8, 4) is 11.1 Å². The number of rotatable bonds is 3. The highest BCUT2D eigenvalue weighted by atomic mass is 32.1. The van der Waals surface area contributed by atoms with Crippen molar-refractivity contribution in [1.82, 2.24) is 15.3 Å². The van der Waals surface area contributed by atoms with Gasteiger partial charge < -0.3 is 10.3 Å². The first kappa shape index (κ1) is 16.1. The number of benzene rings is 2. The molecular formula is C21H18N4OS. The van der Waals surface area contributed by atoms with Crippen molar-refractivity contribution in [3.05, 3.63) is 70.7 Å². The van der Waals surface area contributed by atoms with Crippen LogP contribution in [0.1, 0.15) is 16.5 Å². The van der Waals surface area contributed by atoms with Gasteiger partial charge in [0.05, 0.1) is 23.4 Å². The zero-order valence-corrected chi connectivity index (χ0v) is 15.6. The molecule has 2 aromatic carbocycles. The van der Waals surface area contributed by atoms with Gasteiger partial charge in [0.1, 0.15) is 0 Å². The highest BCUT2D eigenvalue weighted by molar-refractivity contribution is 7.10. The van der Waals surface area contributed by atoms with Crippen LogP contribution in [-0.2, 0) is 0 Å². The van der Waals surface area contributed by atoms with E-state index in [1.165, 1.54) is 16.0 Å².